The number of hydrogen-bond acceptors (Lipinski definition) is 4. The topological polar surface area (TPSA) is 65.2 Å². The van der Waals surface area contributed by atoms with Crippen LogP contribution in [0.15, 0.2) is 18.2 Å². The zero-order chi connectivity index (χ0) is 12.0. The predicted molar refractivity (Wildman–Crippen MR) is 65.8 cm³/mol. The Morgan fingerprint density at radius 1 is 1.56 bits per heavy atom. The molecule has 5 heteroatoms. The van der Waals surface area contributed by atoms with Gasteiger partial charge in [0.25, 0.3) is 0 Å². The quantitative estimate of drug-likeness (QED) is 0.810. The monoisotopic (exact) mass is 242 g/mol. The smallest absolute Gasteiger partial charge is 0.213 e. The van der Waals surface area contributed by atoms with E-state index in [1.54, 1.807) is 13.2 Å². The van der Waals surface area contributed by atoms with E-state index in [0.29, 0.717) is 17.4 Å². The number of aromatic nitrogens is 1. The van der Waals surface area contributed by atoms with Crippen LogP contribution >= 0.6 is 0 Å². The number of ether oxygens (including phenoxy) is 1. The van der Waals surface area contributed by atoms with Gasteiger partial charge in [0, 0.05) is 28.7 Å². The van der Waals surface area contributed by atoms with Crippen LogP contribution in [0.4, 0.5) is 0 Å². The first-order valence-corrected chi connectivity index (χ1v) is 6.75. The van der Waals surface area contributed by atoms with Gasteiger partial charge in [-0.05, 0) is 12.5 Å². The molecule has 0 aliphatic rings. The molecule has 4 nitrogen and oxygen atoms in total. The molecule has 0 aliphatic heterocycles. The van der Waals surface area contributed by atoms with Gasteiger partial charge in [-0.1, -0.05) is 13.0 Å². The van der Waals surface area contributed by atoms with E-state index in [1.165, 1.54) is 0 Å². The minimum Gasteiger partial charge on any atom is -0.481 e. The van der Waals surface area contributed by atoms with E-state index in [9.17, 15) is 4.21 Å². The molecule has 90 valence electrons. The molecule has 2 atom stereocenters. The number of nitrogens with two attached hydrogens (primary N) is 1. The second-order valence-electron chi connectivity index (χ2n) is 3.59. The molecule has 1 heterocycles. The molecule has 16 heavy (non-hydrogen) atoms. The van der Waals surface area contributed by atoms with Crippen molar-refractivity contribution in [3.63, 3.8) is 0 Å². The summed E-state index contributed by atoms with van der Waals surface area (Å²) in [6, 6.07) is 5.46. The van der Waals surface area contributed by atoms with Gasteiger partial charge in [0.1, 0.15) is 0 Å². The largest absolute Gasteiger partial charge is 0.481 e. The summed E-state index contributed by atoms with van der Waals surface area (Å²) in [5, 5.41) is 0. The highest BCUT2D eigenvalue weighted by molar-refractivity contribution is 7.84. The van der Waals surface area contributed by atoms with Gasteiger partial charge in [-0.2, -0.15) is 0 Å². The van der Waals surface area contributed by atoms with Gasteiger partial charge in [-0.15, -0.1) is 0 Å². The lowest BCUT2D eigenvalue weighted by atomic mass is 10.3. The third-order valence-corrected chi connectivity index (χ3v) is 3.64. The molecule has 1 aromatic heterocycles. The predicted octanol–water partition coefficient (Wildman–Crippen LogP) is 1.08. The molecule has 0 saturated heterocycles. The zero-order valence-electron chi connectivity index (χ0n) is 9.68. The SMILES string of the molecule is CCC(N)CS(=O)Cc1cccc(OC)n1. The van der Waals surface area contributed by atoms with Crippen LogP contribution in [-0.2, 0) is 16.6 Å². The molecule has 0 spiro atoms. The molecule has 1 aromatic rings. The maximum atomic E-state index is 11.7. The Labute approximate surface area is 98.7 Å². The van der Waals surface area contributed by atoms with Gasteiger partial charge in [0.05, 0.1) is 18.6 Å². The van der Waals surface area contributed by atoms with Gasteiger partial charge in [-0.25, -0.2) is 4.98 Å². The van der Waals surface area contributed by atoms with Crippen LogP contribution in [0.3, 0.4) is 0 Å². The Morgan fingerprint density at radius 2 is 2.31 bits per heavy atom. The molecule has 0 aliphatic carbocycles. The van der Waals surface area contributed by atoms with E-state index in [4.69, 9.17) is 10.5 Å². The molecule has 0 aromatic carbocycles. The zero-order valence-corrected chi connectivity index (χ0v) is 10.5. The van der Waals surface area contributed by atoms with Gasteiger partial charge in [-0.3, -0.25) is 4.21 Å². The molecule has 2 unspecified atom stereocenters. The van der Waals surface area contributed by atoms with Crippen LogP contribution in [0, 0.1) is 0 Å². The summed E-state index contributed by atoms with van der Waals surface area (Å²) in [5.41, 5.74) is 6.52. The summed E-state index contributed by atoms with van der Waals surface area (Å²) in [6.45, 7) is 1.99. The number of nitrogens with zero attached hydrogens (tertiary/aromatic N) is 1. The fourth-order valence-electron chi connectivity index (χ4n) is 1.23. The number of methoxy groups -OCH3 is 1. The Bertz CT molecular complexity index is 358. The highest BCUT2D eigenvalue weighted by atomic mass is 32.2. The van der Waals surface area contributed by atoms with Crippen molar-refractivity contribution in [2.75, 3.05) is 12.9 Å². The lowest BCUT2D eigenvalue weighted by molar-refractivity contribution is 0.397. The van der Waals surface area contributed by atoms with Gasteiger partial charge in [0.15, 0.2) is 0 Å². The van der Waals surface area contributed by atoms with E-state index < -0.39 is 10.8 Å². The summed E-state index contributed by atoms with van der Waals surface area (Å²) < 4.78 is 16.7. The summed E-state index contributed by atoms with van der Waals surface area (Å²) in [5.74, 6) is 1.51. The fourth-order valence-corrected chi connectivity index (χ4v) is 2.55. The highest BCUT2D eigenvalue weighted by Gasteiger charge is 2.08. The first kappa shape index (κ1) is 13.1. The van der Waals surface area contributed by atoms with Crippen LogP contribution < -0.4 is 10.5 Å². The van der Waals surface area contributed by atoms with Crippen LogP contribution in [0.25, 0.3) is 0 Å². The summed E-state index contributed by atoms with van der Waals surface area (Å²) in [6.07, 6.45) is 0.845. The Hall–Kier alpha value is -0.940. The Kier molecular flexibility index (Phi) is 5.42. The maximum Gasteiger partial charge on any atom is 0.213 e. The molecule has 0 amide bonds. The van der Waals surface area contributed by atoms with Crippen LogP contribution in [-0.4, -0.2) is 28.1 Å². The average molecular weight is 242 g/mol. The van der Waals surface area contributed by atoms with Crippen molar-refractivity contribution in [2.24, 2.45) is 5.73 Å². The normalized spacial score (nSPS) is 14.4. The lowest BCUT2D eigenvalue weighted by Gasteiger charge is -2.08. The molecular weight excluding hydrogens is 224 g/mol. The van der Waals surface area contributed by atoms with E-state index in [2.05, 4.69) is 4.98 Å². The van der Waals surface area contributed by atoms with Gasteiger partial charge >= 0.3 is 0 Å². The second kappa shape index (κ2) is 6.60. The van der Waals surface area contributed by atoms with E-state index in [0.717, 1.165) is 12.1 Å². The van der Waals surface area contributed by atoms with E-state index >= 15 is 0 Å². The molecule has 0 radical (unpaired) electrons. The number of pyridine rings is 1. The van der Waals surface area contributed by atoms with E-state index in [1.807, 2.05) is 19.1 Å². The van der Waals surface area contributed by atoms with Crippen molar-refractivity contribution in [3.05, 3.63) is 23.9 Å². The fraction of sp³-hybridized carbons (Fsp3) is 0.545. The second-order valence-corrected chi connectivity index (χ2v) is 5.09. The molecule has 0 fully saturated rings. The van der Waals surface area contributed by atoms with Crippen LogP contribution in [0.5, 0.6) is 5.88 Å². The van der Waals surface area contributed by atoms with Gasteiger partial charge in [0.2, 0.25) is 5.88 Å². The minimum atomic E-state index is -0.954. The summed E-state index contributed by atoms with van der Waals surface area (Å²) >= 11 is 0. The van der Waals surface area contributed by atoms with Gasteiger partial charge < -0.3 is 10.5 Å². The van der Waals surface area contributed by atoms with Crippen LogP contribution in [0.2, 0.25) is 0 Å². The number of hydrogen-bond donors (Lipinski definition) is 1. The maximum absolute atomic E-state index is 11.7. The van der Waals surface area contributed by atoms with E-state index in [-0.39, 0.29) is 6.04 Å². The first-order chi connectivity index (χ1) is 7.65. The lowest BCUT2D eigenvalue weighted by Crippen LogP contribution is -2.26. The number of rotatable bonds is 6. The third-order valence-electron chi connectivity index (χ3n) is 2.22. The van der Waals surface area contributed by atoms with Crippen molar-refractivity contribution in [3.8, 4) is 5.88 Å². The third kappa shape index (κ3) is 4.28. The molecule has 1 rings (SSSR count). The molecule has 2 N–H and O–H groups in total. The standard InChI is InChI=1S/C11H18N2O2S/c1-3-9(12)7-16(14)8-10-5-4-6-11(13-10)15-2/h4-6,9H,3,7-8,12H2,1-2H3. The van der Waals surface area contributed by atoms with Crippen molar-refractivity contribution >= 4 is 10.8 Å². The van der Waals surface area contributed by atoms with Crippen LogP contribution in [0.1, 0.15) is 19.0 Å². The van der Waals surface area contributed by atoms with Crippen molar-refractivity contribution in [2.45, 2.75) is 25.1 Å². The Balaban J connectivity index is 2.55. The average Bonchev–Trinajstić information content (AvgIpc) is 2.28. The van der Waals surface area contributed by atoms with Crippen molar-refractivity contribution in [1.82, 2.24) is 4.98 Å². The van der Waals surface area contributed by atoms with Crippen molar-refractivity contribution < 1.29 is 8.95 Å². The molecule has 0 saturated carbocycles. The highest BCUT2D eigenvalue weighted by Crippen LogP contribution is 2.08. The first-order valence-electron chi connectivity index (χ1n) is 5.26. The Morgan fingerprint density at radius 3 is 2.94 bits per heavy atom. The molecule has 0 bridgehead atoms. The van der Waals surface area contributed by atoms with Crippen molar-refractivity contribution in [1.29, 1.82) is 0 Å². The molecular formula is C11H18N2O2S. The summed E-state index contributed by atoms with van der Waals surface area (Å²) in [4.78, 5) is 4.21. The minimum absolute atomic E-state index is 0.00596. The summed E-state index contributed by atoms with van der Waals surface area (Å²) in [7, 11) is 0.611.